The van der Waals surface area contributed by atoms with E-state index in [0.717, 1.165) is 33.5 Å². The van der Waals surface area contributed by atoms with Crippen LogP contribution in [0.15, 0.2) is 83.5 Å². The molecule has 1 heterocycles. The number of aromatic nitrogens is 2. The van der Waals surface area contributed by atoms with Crippen LogP contribution in [0.5, 0.6) is 0 Å². The molecular weight excluding hydrogens is 388 g/mol. The highest BCUT2D eigenvalue weighted by atomic mass is 79.9. The van der Waals surface area contributed by atoms with Crippen molar-refractivity contribution >= 4 is 22.2 Å². The normalized spacial score (nSPS) is 10.7. The standard InChI is InChI=1S/C22H15BrN2O/c23-22-21(24-20(14-26)25-22)19-12-17(15-7-3-1-4-8-15)11-18(13-19)16-9-5-2-6-10-16/h1-14H,(H,24,25). The number of imidazole rings is 1. The fourth-order valence-corrected chi connectivity index (χ4v) is 3.50. The third-order valence-electron chi connectivity index (χ3n) is 4.21. The van der Waals surface area contributed by atoms with Gasteiger partial charge in [-0.2, -0.15) is 0 Å². The maximum Gasteiger partial charge on any atom is 0.185 e. The number of aldehydes is 1. The van der Waals surface area contributed by atoms with Crippen LogP contribution in [-0.4, -0.2) is 16.3 Å². The molecule has 0 spiro atoms. The lowest BCUT2D eigenvalue weighted by Crippen LogP contribution is -1.87. The summed E-state index contributed by atoms with van der Waals surface area (Å²) in [6.45, 7) is 0. The van der Waals surface area contributed by atoms with Crippen molar-refractivity contribution in [3.8, 4) is 33.5 Å². The fraction of sp³-hybridized carbons (Fsp3) is 0. The van der Waals surface area contributed by atoms with E-state index >= 15 is 0 Å². The number of halogens is 1. The molecule has 0 bridgehead atoms. The van der Waals surface area contributed by atoms with E-state index in [1.165, 1.54) is 0 Å². The van der Waals surface area contributed by atoms with E-state index < -0.39 is 0 Å². The number of benzene rings is 3. The number of H-pyrrole nitrogens is 1. The number of hydrogen-bond acceptors (Lipinski definition) is 2. The Bertz CT molecular complexity index is 998. The highest BCUT2D eigenvalue weighted by molar-refractivity contribution is 9.10. The number of carbonyl (C=O) groups excluding carboxylic acids is 1. The molecule has 0 fully saturated rings. The molecule has 0 saturated carbocycles. The van der Waals surface area contributed by atoms with E-state index in [-0.39, 0.29) is 0 Å². The Morgan fingerprint density at radius 3 is 1.69 bits per heavy atom. The molecule has 4 heteroatoms. The quantitative estimate of drug-likeness (QED) is 0.426. The summed E-state index contributed by atoms with van der Waals surface area (Å²) in [5.41, 5.74) is 6.14. The average molecular weight is 403 g/mol. The summed E-state index contributed by atoms with van der Waals surface area (Å²) in [4.78, 5) is 18.4. The van der Waals surface area contributed by atoms with Crippen LogP contribution in [0.2, 0.25) is 0 Å². The molecule has 1 aromatic heterocycles. The first-order chi connectivity index (χ1) is 12.7. The number of carbonyl (C=O) groups is 1. The maximum absolute atomic E-state index is 11.1. The molecule has 4 rings (SSSR count). The van der Waals surface area contributed by atoms with Gasteiger partial charge in [0.25, 0.3) is 0 Å². The summed E-state index contributed by atoms with van der Waals surface area (Å²) in [7, 11) is 0. The van der Waals surface area contributed by atoms with Crippen molar-refractivity contribution in [3.63, 3.8) is 0 Å². The van der Waals surface area contributed by atoms with Crippen molar-refractivity contribution in [1.82, 2.24) is 9.97 Å². The molecule has 126 valence electrons. The molecule has 4 aromatic rings. The Balaban J connectivity index is 1.93. The number of rotatable bonds is 4. The first-order valence-electron chi connectivity index (χ1n) is 8.21. The van der Waals surface area contributed by atoms with Gasteiger partial charge in [0.2, 0.25) is 0 Å². The first-order valence-corrected chi connectivity index (χ1v) is 9.01. The molecule has 0 saturated heterocycles. The van der Waals surface area contributed by atoms with Crippen LogP contribution in [0.25, 0.3) is 33.5 Å². The van der Waals surface area contributed by atoms with Gasteiger partial charge < -0.3 is 4.98 Å². The molecule has 0 aliphatic heterocycles. The number of hydrogen-bond donors (Lipinski definition) is 1. The predicted octanol–water partition coefficient (Wildman–Crippen LogP) is 5.99. The van der Waals surface area contributed by atoms with Crippen LogP contribution in [0.4, 0.5) is 0 Å². The zero-order valence-corrected chi connectivity index (χ0v) is 15.4. The molecule has 26 heavy (non-hydrogen) atoms. The highest BCUT2D eigenvalue weighted by Gasteiger charge is 2.13. The van der Waals surface area contributed by atoms with Gasteiger partial charge in [-0.1, -0.05) is 60.7 Å². The van der Waals surface area contributed by atoms with Crippen LogP contribution in [-0.2, 0) is 0 Å². The second kappa shape index (κ2) is 7.10. The average Bonchev–Trinajstić information content (AvgIpc) is 3.10. The van der Waals surface area contributed by atoms with Gasteiger partial charge in [0.05, 0.1) is 0 Å². The van der Waals surface area contributed by atoms with E-state index in [9.17, 15) is 4.79 Å². The smallest absolute Gasteiger partial charge is 0.185 e. The zero-order chi connectivity index (χ0) is 17.9. The summed E-state index contributed by atoms with van der Waals surface area (Å²) < 4.78 is 0.698. The Kier molecular flexibility index (Phi) is 4.50. The van der Waals surface area contributed by atoms with Crippen LogP contribution in [0.1, 0.15) is 10.6 Å². The maximum atomic E-state index is 11.1. The number of nitrogens with one attached hydrogen (secondary N) is 1. The van der Waals surface area contributed by atoms with Gasteiger partial charge in [-0.05, 0) is 56.4 Å². The molecule has 0 atom stereocenters. The zero-order valence-electron chi connectivity index (χ0n) is 13.8. The van der Waals surface area contributed by atoms with Crippen molar-refractivity contribution in [1.29, 1.82) is 0 Å². The predicted molar refractivity (Wildman–Crippen MR) is 108 cm³/mol. The summed E-state index contributed by atoms with van der Waals surface area (Å²) in [6.07, 6.45) is 0.716. The second-order valence-corrected chi connectivity index (χ2v) is 6.73. The Hall–Kier alpha value is -2.98. The number of nitrogens with zero attached hydrogens (tertiary/aromatic N) is 1. The van der Waals surface area contributed by atoms with Gasteiger partial charge in [0, 0.05) is 5.56 Å². The van der Waals surface area contributed by atoms with Crippen LogP contribution in [0, 0.1) is 0 Å². The SMILES string of the molecule is O=Cc1nc(-c2cc(-c3ccccc3)cc(-c3ccccc3)c2)c(Br)[nH]1. The third-order valence-corrected chi connectivity index (χ3v) is 4.78. The van der Waals surface area contributed by atoms with Gasteiger partial charge in [-0.25, -0.2) is 4.98 Å². The van der Waals surface area contributed by atoms with Crippen molar-refractivity contribution in [2.45, 2.75) is 0 Å². The highest BCUT2D eigenvalue weighted by Crippen LogP contribution is 2.34. The molecule has 0 aliphatic rings. The fourth-order valence-electron chi connectivity index (χ4n) is 2.98. The van der Waals surface area contributed by atoms with Crippen LogP contribution in [0.3, 0.4) is 0 Å². The summed E-state index contributed by atoms with van der Waals surface area (Å²) >= 11 is 3.48. The molecule has 3 nitrogen and oxygen atoms in total. The summed E-state index contributed by atoms with van der Waals surface area (Å²) in [6, 6.07) is 26.8. The lowest BCUT2D eigenvalue weighted by Gasteiger charge is -2.10. The van der Waals surface area contributed by atoms with E-state index in [4.69, 9.17) is 0 Å². The van der Waals surface area contributed by atoms with Gasteiger partial charge in [0.15, 0.2) is 12.1 Å². The van der Waals surface area contributed by atoms with Crippen LogP contribution < -0.4 is 0 Å². The van der Waals surface area contributed by atoms with Crippen molar-refractivity contribution < 1.29 is 4.79 Å². The van der Waals surface area contributed by atoms with Crippen molar-refractivity contribution in [2.24, 2.45) is 0 Å². The van der Waals surface area contributed by atoms with E-state index in [2.05, 4.69) is 68.4 Å². The summed E-state index contributed by atoms with van der Waals surface area (Å²) in [5.74, 6) is 0.304. The molecule has 1 N–H and O–H groups in total. The topological polar surface area (TPSA) is 45.8 Å². The van der Waals surface area contributed by atoms with E-state index in [1.807, 2.05) is 36.4 Å². The van der Waals surface area contributed by atoms with Gasteiger partial charge in [0.1, 0.15) is 10.3 Å². The number of aromatic amines is 1. The van der Waals surface area contributed by atoms with Crippen LogP contribution >= 0.6 is 15.9 Å². The first kappa shape index (κ1) is 16.5. The van der Waals surface area contributed by atoms with Crippen molar-refractivity contribution in [2.75, 3.05) is 0 Å². The van der Waals surface area contributed by atoms with Gasteiger partial charge in [-0.3, -0.25) is 4.79 Å². The molecule has 0 amide bonds. The minimum absolute atomic E-state index is 0.304. The third kappa shape index (κ3) is 3.24. The van der Waals surface area contributed by atoms with E-state index in [1.54, 1.807) is 0 Å². The van der Waals surface area contributed by atoms with Gasteiger partial charge in [-0.15, -0.1) is 0 Å². The van der Waals surface area contributed by atoms with E-state index in [0.29, 0.717) is 16.7 Å². The minimum Gasteiger partial charge on any atom is -0.330 e. The Morgan fingerprint density at radius 1 is 0.731 bits per heavy atom. The van der Waals surface area contributed by atoms with Crippen molar-refractivity contribution in [3.05, 3.63) is 89.3 Å². The lowest BCUT2D eigenvalue weighted by atomic mass is 9.95. The minimum atomic E-state index is 0.304. The molecule has 0 radical (unpaired) electrons. The molecular formula is C22H15BrN2O. The summed E-state index contributed by atoms with van der Waals surface area (Å²) in [5, 5.41) is 0. The molecule has 3 aromatic carbocycles. The van der Waals surface area contributed by atoms with Gasteiger partial charge >= 0.3 is 0 Å². The molecule has 0 aliphatic carbocycles. The Morgan fingerprint density at radius 2 is 1.23 bits per heavy atom. The second-order valence-electron chi connectivity index (χ2n) is 5.93. The lowest BCUT2D eigenvalue weighted by molar-refractivity contribution is 0.111. The molecule has 0 unspecified atom stereocenters. The largest absolute Gasteiger partial charge is 0.330 e. The monoisotopic (exact) mass is 402 g/mol. The Labute approximate surface area is 159 Å².